The van der Waals surface area contributed by atoms with Crippen molar-refractivity contribution in [3.05, 3.63) is 47.6 Å². The molecule has 0 spiro atoms. The summed E-state index contributed by atoms with van der Waals surface area (Å²) in [5, 5.41) is 84.9. The van der Waals surface area contributed by atoms with Gasteiger partial charge in [-0.15, -0.1) is 0 Å². The van der Waals surface area contributed by atoms with Crippen molar-refractivity contribution in [3.8, 4) is 0 Å². The predicted molar refractivity (Wildman–Crippen MR) is 275 cm³/mol. The molecule has 19 heteroatoms. The molecular weight excluding hydrogens is 975 g/mol. The van der Waals surface area contributed by atoms with Crippen molar-refractivity contribution < 1.29 is 88.5 Å². The van der Waals surface area contributed by atoms with Gasteiger partial charge in [0.15, 0.2) is 5.78 Å². The first kappa shape index (κ1) is 64.0. The van der Waals surface area contributed by atoms with Crippen LogP contribution in [0.2, 0.25) is 0 Å². The first-order chi connectivity index (χ1) is 35.4. The van der Waals surface area contributed by atoms with Gasteiger partial charge in [-0.3, -0.25) is 19.2 Å². The summed E-state index contributed by atoms with van der Waals surface area (Å²) in [5.74, 6) is -9.14. The smallest absolute Gasteiger partial charge is 0.329 e. The number of esters is 1. The fraction of sp³-hybridized carbons (Fsp3) is 0.768. The summed E-state index contributed by atoms with van der Waals surface area (Å²) in [6.45, 7) is 10.7. The highest BCUT2D eigenvalue weighted by Gasteiger charge is 2.53. The van der Waals surface area contributed by atoms with Gasteiger partial charge in [0.2, 0.25) is 5.79 Å². The molecule has 0 radical (unpaired) electrons. The molecule has 0 aromatic rings. The van der Waals surface area contributed by atoms with E-state index in [1.807, 2.05) is 19.9 Å². The lowest BCUT2D eigenvalue weighted by Gasteiger charge is -2.43. The maximum absolute atomic E-state index is 14.5. The number of ether oxygens (including phenoxy) is 5. The molecule has 2 saturated heterocycles. The Balaban J connectivity index is 1.73. The number of hydrogen-bond acceptors (Lipinski definition) is 18. The highest BCUT2D eigenvalue weighted by molar-refractivity contribution is 6.39. The van der Waals surface area contributed by atoms with Gasteiger partial charge in [0.05, 0.1) is 37.6 Å². The Morgan fingerprint density at radius 2 is 1.52 bits per heavy atom. The summed E-state index contributed by atoms with van der Waals surface area (Å²) in [6.07, 6.45) is 0.805. The summed E-state index contributed by atoms with van der Waals surface area (Å²) in [7, 11) is 2.88. The first-order valence-electron chi connectivity index (χ1n) is 27.0. The highest BCUT2D eigenvalue weighted by atomic mass is 16.6. The van der Waals surface area contributed by atoms with E-state index in [1.54, 1.807) is 72.1 Å². The molecule has 3 fully saturated rings. The van der Waals surface area contributed by atoms with Crippen LogP contribution >= 0.6 is 0 Å². The molecule has 0 aromatic heterocycles. The molecule has 0 unspecified atom stereocenters. The Morgan fingerprint density at radius 1 is 0.827 bits per heavy atom. The number of carbonyl (C=O) groups is 5. The third kappa shape index (κ3) is 17.5. The molecule has 19 nitrogen and oxygen atoms in total. The zero-order chi connectivity index (χ0) is 55.9. The van der Waals surface area contributed by atoms with Crippen LogP contribution in [-0.4, -0.2) is 188 Å². The Kier molecular flexibility index (Phi) is 25.6. The summed E-state index contributed by atoms with van der Waals surface area (Å²) >= 11 is 0. The topological polar surface area (TPSA) is 297 Å². The molecule has 19 atom stereocenters. The fourth-order valence-corrected chi connectivity index (χ4v) is 10.9. The number of fused-ring (bicyclic) bond motifs is 3. The number of allylic oxidation sites excluding steroid dienone is 6. The van der Waals surface area contributed by atoms with Gasteiger partial charge in [-0.25, -0.2) is 4.79 Å². The lowest BCUT2D eigenvalue weighted by atomic mass is 9.78. The minimum absolute atomic E-state index is 0.00685. The van der Waals surface area contributed by atoms with Crippen LogP contribution in [0, 0.1) is 35.5 Å². The second-order valence-corrected chi connectivity index (χ2v) is 22.0. The third-order valence-corrected chi connectivity index (χ3v) is 16.0. The number of aliphatic hydroxyl groups excluding tert-OH is 7. The van der Waals surface area contributed by atoms with E-state index >= 15 is 0 Å². The van der Waals surface area contributed by atoms with E-state index in [0.717, 1.165) is 4.90 Å². The maximum Gasteiger partial charge on any atom is 0.329 e. The van der Waals surface area contributed by atoms with Gasteiger partial charge in [-0.05, 0) is 107 Å². The molecule has 2 bridgehead atoms. The van der Waals surface area contributed by atoms with Crippen molar-refractivity contribution in [1.82, 2.24) is 4.90 Å². The van der Waals surface area contributed by atoms with Crippen LogP contribution in [0.5, 0.6) is 0 Å². The Labute approximate surface area is 443 Å². The number of nitrogens with zero attached hydrogens (tertiary/aromatic N) is 1. The van der Waals surface area contributed by atoms with Gasteiger partial charge in [-0.1, -0.05) is 71.1 Å². The highest BCUT2D eigenvalue weighted by Crippen LogP contribution is 2.38. The first-order valence-corrected chi connectivity index (χ1v) is 27.0. The Hall–Kier alpha value is -3.57. The van der Waals surface area contributed by atoms with E-state index in [2.05, 4.69) is 0 Å². The number of aliphatic hydroxyl groups is 8. The van der Waals surface area contributed by atoms with Gasteiger partial charge in [0, 0.05) is 51.4 Å². The SMILES string of the molecule is CO[C@@H]1C[C@H](C[C@@H](C)[C@@H]2CC(=O)[C@H](C)/C=C(\C)[C@@H](O)[C@@H](OC)C(=O)[C@H](C)C[C@H](C)/C=C/C=C/C=C(\C)[C@H](OC[C@@H](O)[C@@H](O)[C@H](O)[C@H](O)CO)C[C@@H]3CC[C@@H](C)[C@@](O)(O3)C(=O)C(=O)N3CCCC[C@H]3C(=O)O2)CC[C@H]1O. The number of methoxy groups -OCH3 is 2. The molecule has 8 N–H and O–H groups in total. The quantitative estimate of drug-likeness (QED) is 0.0792. The van der Waals surface area contributed by atoms with Crippen LogP contribution < -0.4 is 0 Å². The van der Waals surface area contributed by atoms with Crippen molar-refractivity contribution in [3.63, 3.8) is 0 Å². The van der Waals surface area contributed by atoms with Crippen LogP contribution in [0.15, 0.2) is 47.6 Å². The van der Waals surface area contributed by atoms with Gasteiger partial charge in [-0.2, -0.15) is 0 Å². The fourth-order valence-electron chi connectivity index (χ4n) is 10.9. The molecule has 4 aliphatic rings. The molecule has 3 heterocycles. The second kappa shape index (κ2) is 30.0. The molecule has 1 aliphatic carbocycles. The molecule has 3 aliphatic heterocycles. The number of rotatable bonds is 12. The van der Waals surface area contributed by atoms with Gasteiger partial charge in [0.25, 0.3) is 11.7 Å². The molecule has 1 saturated carbocycles. The number of hydrogen-bond donors (Lipinski definition) is 8. The average Bonchev–Trinajstić information content (AvgIpc) is 3.39. The van der Waals surface area contributed by atoms with Crippen LogP contribution in [0.1, 0.15) is 126 Å². The second-order valence-electron chi connectivity index (χ2n) is 22.0. The van der Waals surface area contributed by atoms with Gasteiger partial charge < -0.3 is 69.4 Å². The number of Topliss-reactive ketones (excluding diaryl/α,β-unsaturated/α-hetero) is 3. The number of amides is 1. The average molecular weight is 1060 g/mol. The van der Waals surface area contributed by atoms with Crippen molar-refractivity contribution in [1.29, 1.82) is 0 Å². The van der Waals surface area contributed by atoms with E-state index in [1.165, 1.54) is 7.11 Å². The van der Waals surface area contributed by atoms with Crippen LogP contribution in [0.25, 0.3) is 0 Å². The lowest BCUT2D eigenvalue weighted by Crippen LogP contribution is -2.61. The summed E-state index contributed by atoms with van der Waals surface area (Å²) in [6, 6.07) is -1.24. The van der Waals surface area contributed by atoms with E-state index in [0.29, 0.717) is 62.5 Å². The minimum Gasteiger partial charge on any atom is -0.460 e. The van der Waals surface area contributed by atoms with E-state index in [9.17, 15) is 64.8 Å². The van der Waals surface area contributed by atoms with Crippen LogP contribution in [0.4, 0.5) is 0 Å². The molecule has 4 rings (SSSR count). The van der Waals surface area contributed by atoms with Crippen LogP contribution in [0.3, 0.4) is 0 Å². The summed E-state index contributed by atoms with van der Waals surface area (Å²) in [4.78, 5) is 72.5. The van der Waals surface area contributed by atoms with Gasteiger partial charge in [0.1, 0.15) is 54.6 Å². The molecule has 75 heavy (non-hydrogen) atoms. The molecule has 0 aromatic carbocycles. The molecule has 426 valence electrons. The molecule has 1 amide bonds. The number of carbonyl (C=O) groups excluding carboxylic acids is 5. The van der Waals surface area contributed by atoms with Crippen molar-refractivity contribution >= 4 is 29.2 Å². The predicted octanol–water partition coefficient (Wildman–Crippen LogP) is 2.99. The lowest BCUT2D eigenvalue weighted by molar-refractivity contribution is -0.266. The minimum atomic E-state index is -2.63. The normalized spacial score (nSPS) is 38.4. The van der Waals surface area contributed by atoms with Crippen LogP contribution in [-0.2, 0) is 47.7 Å². The number of cyclic esters (lactones) is 1. The summed E-state index contributed by atoms with van der Waals surface area (Å²) in [5.41, 5.74) is 0.912. The largest absolute Gasteiger partial charge is 0.460 e. The third-order valence-electron chi connectivity index (χ3n) is 16.0. The Bertz CT molecular complexity index is 2010. The van der Waals surface area contributed by atoms with Crippen molar-refractivity contribution in [2.24, 2.45) is 35.5 Å². The zero-order valence-corrected chi connectivity index (χ0v) is 45.6. The van der Waals surface area contributed by atoms with Crippen molar-refractivity contribution in [2.45, 2.75) is 204 Å². The number of piperidine rings is 1. The monoisotopic (exact) mass is 1060 g/mol. The Morgan fingerprint density at radius 3 is 2.19 bits per heavy atom. The maximum atomic E-state index is 14.5. The standard InChI is InChI=1S/C56H89NO18/c1-31-15-11-10-12-16-32(2)45(73-30-44(62)51(66)50(65)43(61)29-58)27-39-20-18-37(7)56(70,75-39)53(67)54(68)57-22-14-13-17-40(57)55(69)74-46(34(4)25-38-19-21-41(59)47(26-38)71-8)28-42(60)33(3)24-36(6)49(64)52(72-9)48(63)35(5)23-31/h10-12,15-16,24,31,33-35,37-41,43-47,49-52,58-59,61-62,64-66,70H,13-14,17-23,25-30H2,1-9H3/b12-10+,15-11+,32-16+,36-24+/t31-,33-,34-,35-,37-,38+,39+,40+,41-,43-,44-,45-,46+,47-,49-,50-,51-,52+,56-/m1/s1. The number of ketones is 3. The summed E-state index contributed by atoms with van der Waals surface area (Å²) < 4.78 is 29.7. The van der Waals surface area contributed by atoms with E-state index in [-0.39, 0.29) is 61.7 Å². The van der Waals surface area contributed by atoms with E-state index < -0.39 is 127 Å². The van der Waals surface area contributed by atoms with Crippen molar-refractivity contribution in [2.75, 3.05) is 34.0 Å². The van der Waals surface area contributed by atoms with E-state index in [4.69, 9.17) is 23.7 Å². The van der Waals surface area contributed by atoms with Gasteiger partial charge >= 0.3 is 5.97 Å². The zero-order valence-electron chi connectivity index (χ0n) is 45.6. The molecular formula is C56H89NO18.